The summed E-state index contributed by atoms with van der Waals surface area (Å²) in [5.41, 5.74) is -4.31. The fourth-order valence-corrected chi connectivity index (χ4v) is 2.71. The minimum absolute atomic E-state index is 0.0579. The zero-order valence-corrected chi connectivity index (χ0v) is 12.3. The average Bonchev–Trinajstić information content (AvgIpc) is 2.35. The number of alkyl halides is 3. The molecule has 2 amide bonds. The van der Waals surface area contributed by atoms with Gasteiger partial charge in [-0.1, -0.05) is 20.3 Å². The molecule has 0 spiro atoms. The van der Waals surface area contributed by atoms with Crippen molar-refractivity contribution in [3.63, 3.8) is 0 Å². The van der Waals surface area contributed by atoms with Gasteiger partial charge < -0.3 is 10.2 Å². The predicted molar refractivity (Wildman–Crippen MR) is 71.1 cm³/mol. The number of halogens is 3. The molecule has 1 N–H and O–H groups in total. The minimum Gasteiger partial charge on any atom is -0.343 e. The Morgan fingerprint density at radius 2 is 1.95 bits per heavy atom. The van der Waals surface area contributed by atoms with Crippen LogP contribution in [0.25, 0.3) is 0 Å². The Balaban J connectivity index is 2.72. The number of rotatable bonds is 6. The van der Waals surface area contributed by atoms with Crippen LogP contribution < -0.4 is 5.32 Å². The first-order valence-electron chi connectivity index (χ1n) is 6.61. The van der Waals surface area contributed by atoms with Gasteiger partial charge in [0, 0.05) is 12.3 Å². The summed E-state index contributed by atoms with van der Waals surface area (Å²) in [6.45, 7) is 3.57. The van der Waals surface area contributed by atoms with Crippen LogP contribution in [0.2, 0.25) is 0 Å². The van der Waals surface area contributed by atoms with Gasteiger partial charge >= 0.3 is 5.51 Å². The van der Waals surface area contributed by atoms with Crippen molar-refractivity contribution in [2.45, 2.75) is 50.7 Å². The Morgan fingerprint density at radius 3 is 2.45 bits per heavy atom. The molecule has 0 aromatic carbocycles. The monoisotopic (exact) mass is 312 g/mol. The van der Waals surface area contributed by atoms with Gasteiger partial charge in [0.25, 0.3) is 0 Å². The standard InChI is InChI=1S/C12H19F3N2O2S/c1-3-5-9-10(18)16-8(4-2)11(19)17(9)6-7-20-12(13,14)15/h8-9H,3-7H2,1-2H3,(H,16,18). The smallest absolute Gasteiger partial charge is 0.343 e. The van der Waals surface area contributed by atoms with E-state index in [4.69, 9.17) is 0 Å². The molecule has 20 heavy (non-hydrogen) atoms. The van der Waals surface area contributed by atoms with Crippen LogP contribution in [0, 0.1) is 0 Å². The highest BCUT2D eigenvalue weighted by atomic mass is 32.2. The van der Waals surface area contributed by atoms with Crippen LogP contribution in [0.4, 0.5) is 13.2 Å². The van der Waals surface area contributed by atoms with E-state index in [1.54, 1.807) is 6.92 Å². The molecule has 1 rings (SSSR count). The largest absolute Gasteiger partial charge is 0.441 e. The van der Waals surface area contributed by atoms with Gasteiger partial charge in [0.15, 0.2) is 0 Å². The van der Waals surface area contributed by atoms with Gasteiger partial charge in [0.1, 0.15) is 12.1 Å². The lowest BCUT2D eigenvalue weighted by atomic mass is 10.0. The molecule has 4 nitrogen and oxygen atoms in total. The van der Waals surface area contributed by atoms with E-state index in [9.17, 15) is 22.8 Å². The first-order valence-corrected chi connectivity index (χ1v) is 7.60. The highest BCUT2D eigenvalue weighted by Crippen LogP contribution is 2.30. The molecule has 1 fully saturated rings. The molecule has 8 heteroatoms. The number of carbonyl (C=O) groups is 2. The van der Waals surface area contributed by atoms with Crippen molar-refractivity contribution in [2.24, 2.45) is 0 Å². The van der Waals surface area contributed by atoms with Gasteiger partial charge in [-0.2, -0.15) is 13.2 Å². The van der Waals surface area contributed by atoms with Crippen LogP contribution in [0.3, 0.4) is 0 Å². The van der Waals surface area contributed by atoms with Gasteiger partial charge in [-0.3, -0.25) is 9.59 Å². The van der Waals surface area contributed by atoms with Crippen LogP contribution in [0.5, 0.6) is 0 Å². The number of piperazine rings is 1. The van der Waals surface area contributed by atoms with Crippen molar-refractivity contribution >= 4 is 23.6 Å². The number of hydrogen-bond donors (Lipinski definition) is 1. The van der Waals surface area contributed by atoms with Crippen molar-refractivity contribution in [2.75, 3.05) is 12.3 Å². The second-order valence-electron chi connectivity index (χ2n) is 4.60. The van der Waals surface area contributed by atoms with E-state index in [0.29, 0.717) is 19.3 Å². The summed E-state index contributed by atoms with van der Waals surface area (Å²) in [7, 11) is 0. The van der Waals surface area contributed by atoms with E-state index in [-0.39, 0.29) is 35.9 Å². The summed E-state index contributed by atoms with van der Waals surface area (Å²) in [6.07, 6.45) is 1.59. The molecule has 0 saturated carbocycles. The lowest BCUT2D eigenvalue weighted by molar-refractivity contribution is -0.149. The number of carbonyl (C=O) groups excluding carboxylic acids is 2. The van der Waals surface area contributed by atoms with Crippen molar-refractivity contribution in [1.82, 2.24) is 10.2 Å². The van der Waals surface area contributed by atoms with Crippen LogP contribution in [-0.4, -0.2) is 46.6 Å². The predicted octanol–water partition coefficient (Wildman–Crippen LogP) is 2.15. The molecule has 0 aromatic rings. The molecular formula is C12H19F3N2O2S. The van der Waals surface area contributed by atoms with E-state index in [0.717, 1.165) is 0 Å². The molecule has 0 bridgehead atoms. The van der Waals surface area contributed by atoms with E-state index >= 15 is 0 Å². The molecule has 0 aliphatic carbocycles. The summed E-state index contributed by atoms with van der Waals surface area (Å²) in [4.78, 5) is 25.4. The highest BCUT2D eigenvalue weighted by molar-refractivity contribution is 8.00. The van der Waals surface area contributed by atoms with Crippen molar-refractivity contribution in [3.05, 3.63) is 0 Å². The lowest BCUT2D eigenvalue weighted by Gasteiger charge is -2.38. The van der Waals surface area contributed by atoms with Crippen molar-refractivity contribution in [3.8, 4) is 0 Å². The summed E-state index contributed by atoms with van der Waals surface area (Å²) in [5.74, 6) is -0.803. The Bertz CT molecular complexity index is 363. The molecule has 2 atom stereocenters. The Labute approximate surface area is 120 Å². The summed E-state index contributed by atoms with van der Waals surface area (Å²) in [5, 5.41) is 2.63. The van der Waals surface area contributed by atoms with Gasteiger partial charge in [0.2, 0.25) is 11.8 Å². The SMILES string of the molecule is CCCC1C(=O)NC(CC)C(=O)N1CCSC(F)(F)F. The molecule has 1 aliphatic heterocycles. The number of hydrogen-bond acceptors (Lipinski definition) is 3. The number of amides is 2. The third-order valence-electron chi connectivity index (χ3n) is 3.14. The Morgan fingerprint density at radius 1 is 1.30 bits per heavy atom. The van der Waals surface area contributed by atoms with Gasteiger partial charge in [0.05, 0.1) is 0 Å². The first kappa shape index (κ1) is 17.1. The summed E-state index contributed by atoms with van der Waals surface area (Å²) < 4.78 is 36.5. The molecule has 1 heterocycles. The molecular weight excluding hydrogens is 293 g/mol. The molecule has 1 aliphatic rings. The molecule has 1 saturated heterocycles. The molecule has 116 valence electrons. The average molecular weight is 312 g/mol. The van der Waals surface area contributed by atoms with Gasteiger partial charge in [-0.15, -0.1) is 0 Å². The van der Waals surface area contributed by atoms with Gasteiger partial charge in [-0.25, -0.2) is 0 Å². The maximum absolute atomic E-state index is 12.2. The quantitative estimate of drug-likeness (QED) is 0.817. The molecule has 0 aromatic heterocycles. The fourth-order valence-electron chi connectivity index (χ4n) is 2.19. The maximum atomic E-state index is 12.2. The summed E-state index contributed by atoms with van der Waals surface area (Å²) >= 11 is -0.166. The second kappa shape index (κ2) is 7.19. The Hall–Kier alpha value is -0.920. The van der Waals surface area contributed by atoms with Crippen molar-refractivity contribution < 1.29 is 22.8 Å². The summed E-state index contributed by atoms with van der Waals surface area (Å²) in [6, 6.07) is -1.27. The number of nitrogens with zero attached hydrogens (tertiary/aromatic N) is 1. The van der Waals surface area contributed by atoms with E-state index in [1.807, 2.05) is 6.92 Å². The van der Waals surface area contributed by atoms with Crippen LogP contribution in [-0.2, 0) is 9.59 Å². The van der Waals surface area contributed by atoms with Crippen LogP contribution in [0.1, 0.15) is 33.1 Å². The maximum Gasteiger partial charge on any atom is 0.441 e. The molecule has 2 unspecified atom stereocenters. The number of nitrogens with one attached hydrogen (secondary N) is 1. The van der Waals surface area contributed by atoms with E-state index in [2.05, 4.69) is 5.32 Å². The topological polar surface area (TPSA) is 49.4 Å². The minimum atomic E-state index is -4.31. The normalized spacial score (nSPS) is 23.9. The zero-order valence-electron chi connectivity index (χ0n) is 11.5. The third kappa shape index (κ3) is 4.57. The molecule has 0 radical (unpaired) electrons. The zero-order chi connectivity index (χ0) is 15.3. The van der Waals surface area contributed by atoms with E-state index < -0.39 is 17.6 Å². The number of thioether (sulfide) groups is 1. The van der Waals surface area contributed by atoms with E-state index in [1.165, 1.54) is 4.90 Å². The Kier molecular flexibility index (Phi) is 6.16. The van der Waals surface area contributed by atoms with Crippen molar-refractivity contribution in [1.29, 1.82) is 0 Å². The van der Waals surface area contributed by atoms with Crippen LogP contribution >= 0.6 is 11.8 Å². The fraction of sp³-hybridized carbons (Fsp3) is 0.833. The third-order valence-corrected chi connectivity index (χ3v) is 3.86. The van der Waals surface area contributed by atoms with Crippen LogP contribution in [0.15, 0.2) is 0 Å². The van der Waals surface area contributed by atoms with Gasteiger partial charge in [-0.05, 0) is 24.6 Å². The highest BCUT2D eigenvalue weighted by Gasteiger charge is 2.39. The first-order chi connectivity index (χ1) is 9.30. The lowest BCUT2D eigenvalue weighted by Crippen LogP contribution is -2.63. The second-order valence-corrected chi connectivity index (χ2v) is 5.76.